The van der Waals surface area contributed by atoms with Crippen molar-refractivity contribution >= 4 is 77.5 Å². The minimum atomic E-state index is 1.05. The van der Waals surface area contributed by atoms with Gasteiger partial charge in [-0.05, 0) is 158 Å². The van der Waals surface area contributed by atoms with Gasteiger partial charge in [-0.25, -0.2) is 0 Å². The van der Waals surface area contributed by atoms with E-state index in [-0.39, 0.29) is 0 Å². The van der Waals surface area contributed by atoms with E-state index in [4.69, 9.17) is 0 Å². The van der Waals surface area contributed by atoms with Crippen molar-refractivity contribution in [3.63, 3.8) is 0 Å². The maximum Gasteiger partial charge on any atom is 0.0547 e. The standard InChI is InChI=1S/C68H47N3/c1-6-18-48(19-7-1)50-32-37-59(38-33-50)69(56-22-10-3-11-23-56)61-43-55(44-62(46-61)70(57-24-12-4-13-25-57)60-39-34-51(35-40-60)49-20-8-2-9-21-49)52-36-41-63-53(42-52)30-31-54-45-66-64-28-16-17-29-67(64)71(68(66)47-65(54)63)58-26-14-5-15-27-58/h1-47H. The summed E-state index contributed by atoms with van der Waals surface area (Å²) in [4.78, 5) is 4.77. The lowest BCUT2D eigenvalue weighted by molar-refractivity contribution is 1.18. The average Bonchev–Trinajstić information content (AvgIpc) is 3.77. The molecule has 0 amide bonds. The summed E-state index contributed by atoms with van der Waals surface area (Å²) in [5.74, 6) is 0. The van der Waals surface area contributed by atoms with Crippen molar-refractivity contribution in [3.8, 4) is 39.1 Å². The molecular formula is C68H47N3. The Bertz CT molecular complexity index is 3860. The lowest BCUT2D eigenvalue weighted by atomic mass is 9.95. The monoisotopic (exact) mass is 905 g/mol. The zero-order chi connectivity index (χ0) is 47.1. The van der Waals surface area contributed by atoms with Gasteiger partial charge in [-0.15, -0.1) is 0 Å². The lowest BCUT2D eigenvalue weighted by Gasteiger charge is -2.30. The van der Waals surface area contributed by atoms with Gasteiger partial charge in [-0.3, -0.25) is 0 Å². The molecule has 0 saturated carbocycles. The van der Waals surface area contributed by atoms with E-state index in [1.807, 2.05) is 0 Å². The average molecular weight is 906 g/mol. The number of aromatic nitrogens is 1. The third-order valence-electron chi connectivity index (χ3n) is 13.9. The molecule has 0 radical (unpaired) electrons. The maximum absolute atomic E-state index is 2.41. The van der Waals surface area contributed by atoms with Crippen LogP contribution in [0.1, 0.15) is 0 Å². The molecule has 13 rings (SSSR count). The first-order valence-corrected chi connectivity index (χ1v) is 24.3. The van der Waals surface area contributed by atoms with Crippen molar-refractivity contribution in [3.05, 3.63) is 285 Å². The predicted octanol–water partition coefficient (Wildman–Crippen LogP) is 19.0. The van der Waals surface area contributed by atoms with Crippen LogP contribution in [0.2, 0.25) is 0 Å². The molecule has 1 heterocycles. The van der Waals surface area contributed by atoms with E-state index in [1.54, 1.807) is 0 Å². The normalized spacial score (nSPS) is 11.4. The fourth-order valence-corrected chi connectivity index (χ4v) is 10.5. The molecule has 13 aromatic rings. The van der Waals surface area contributed by atoms with Crippen LogP contribution in [0.3, 0.4) is 0 Å². The van der Waals surface area contributed by atoms with Crippen LogP contribution in [-0.2, 0) is 0 Å². The summed E-state index contributed by atoms with van der Waals surface area (Å²) in [6.07, 6.45) is 0. The molecule has 0 fully saturated rings. The Morgan fingerprint density at radius 1 is 0.211 bits per heavy atom. The zero-order valence-corrected chi connectivity index (χ0v) is 39.0. The molecule has 0 N–H and O–H groups in total. The third kappa shape index (κ3) is 7.76. The second-order valence-electron chi connectivity index (χ2n) is 18.2. The Hall–Kier alpha value is -9.44. The number of benzene rings is 12. The topological polar surface area (TPSA) is 11.4 Å². The SMILES string of the molecule is c1ccc(-c2ccc(N(c3ccccc3)c3cc(-c4ccc5c(ccc6cc7c8ccccc8n(-c8ccccc8)c7cc65)c4)cc(N(c4ccccc4)c4ccc(-c5ccccc5)cc4)c3)cc2)cc1. The van der Waals surface area contributed by atoms with E-state index in [9.17, 15) is 0 Å². The zero-order valence-electron chi connectivity index (χ0n) is 39.0. The van der Waals surface area contributed by atoms with Gasteiger partial charge < -0.3 is 14.4 Å². The molecule has 0 saturated heterocycles. The Balaban J connectivity index is 1.01. The maximum atomic E-state index is 2.41. The first-order chi connectivity index (χ1) is 35.2. The number of anilines is 6. The number of hydrogen-bond acceptors (Lipinski definition) is 2. The highest BCUT2D eigenvalue weighted by atomic mass is 15.2. The van der Waals surface area contributed by atoms with Gasteiger partial charge in [-0.1, -0.05) is 182 Å². The van der Waals surface area contributed by atoms with Gasteiger partial charge in [0.15, 0.2) is 0 Å². The molecule has 0 atom stereocenters. The highest BCUT2D eigenvalue weighted by Gasteiger charge is 2.21. The molecule has 0 bridgehead atoms. The van der Waals surface area contributed by atoms with Gasteiger partial charge in [0.2, 0.25) is 0 Å². The van der Waals surface area contributed by atoms with E-state index in [0.29, 0.717) is 0 Å². The van der Waals surface area contributed by atoms with Crippen LogP contribution in [0.4, 0.5) is 34.1 Å². The molecule has 12 aromatic carbocycles. The van der Waals surface area contributed by atoms with Gasteiger partial charge in [0.1, 0.15) is 0 Å². The third-order valence-corrected chi connectivity index (χ3v) is 13.9. The van der Waals surface area contributed by atoms with E-state index in [0.717, 1.165) is 50.9 Å². The van der Waals surface area contributed by atoms with Crippen molar-refractivity contribution in [2.24, 2.45) is 0 Å². The van der Waals surface area contributed by atoms with E-state index >= 15 is 0 Å². The van der Waals surface area contributed by atoms with E-state index in [1.165, 1.54) is 65.6 Å². The van der Waals surface area contributed by atoms with Gasteiger partial charge in [-0.2, -0.15) is 0 Å². The summed E-state index contributed by atoms with van der Waals surface area (Å²) in [5, 5.41) is 7.39. The summed E-state index contributed by atoms with van der Waals surface area (Å²) in [7, 11) is 0. The van der Waals surface area contributed by atoms with Crippen molar-refractivity contribution in [1.82, 2.24) is 4.57 Å². The van der Waals surface area contributed by atoms with E-state index in [2.05, 4.69) is 299 Å². The smallest absolute Gasteiger partial charge is 0.0547 e. The lowest BCUT2D eigenvalue weighted by Crippen LogP contribution is -2.13. The summed E-state index contributed by atoms with van der Waals surface area (Å²) >= 11 is 0. The Morgan fingerprint density at radius 2 is 0.648 bits per heavy atom. The van der Waals surface area contributed by atoms with Crippen LogP contribution in [0.15, 0.2) is 285 Å². The molecule has 0 aliphatic carbocycles. The molecule has 0 aliphatic rings. The number of rotatable bonds is 10. The van der Waals surface area contributed by atoms with Crippen LogP contribution in [0, 0.1) is 0 Å². The van der Waals surface area contributed by atoms with Crippen molar-refractivity contribution in [2.45, 2.75) is 0 Å². The van der Waals surface area contributed by atoms with Crippen LogP contribution in [0.5, 0.6) is 0 Å². The number of para-hydroxylation sites is 4. The number of hydrogen-bond donors (Lipinski definition) is 0. The summed E-state index contributed by atoms with van der Waals surface area (Å²) in [5.41, 5.74) is 17.0. The summed E-state index contributed by atoms with van der Waals surface area (Å²) < 4.78 is 2.41. The van der Waals surface area contributed by atoms with Crippen molar-refractivity contribution in [2.75, 3.05) is 9.80 Å². The van der Waals surface area contributed by atoms with Crippen molar-refractivity contribution in [1.29, 1.82) is 0 Å². The first kappa shape index (κ1) is 41.7. The molecule has 0 spiro atoms. The molecule has 334 valence electrons. The Kier molecular flexibility index (Phi) is 10.5. The second-order valence-corrected chi connectivity index (χ2v) is 18.2. The van der Waals surface area contributed by atoms with Crippen molar-refractivity contribution < 1.29 is 0 Å². The van der Waals surface area contributed by atoms with Gasteiger partial charge >= 0.3 is 0 Å². The molecule has 71 heavy (non-hydrogen) atoms. The molecule has 0 aliphatic heterocycles. The molecular weight excluding hydrogens is 859 g/mol. The second kappa shape index (κ2) is 17.9. The summed E-state index contributed by atoms with van der Waals surface area (Å²) in [6.45, 7) is 0. The van der Waals surface area contributed by atoms with Crippen LogP contribution < -0.4 is 9.80 Å². The van der Waals surface area contributed by atoms with Gasteiger partial charge in [0.05, 0.1) is 11.0 Å². The largest absolute Gasteiger partial charge is 0.310 e. The molecule has 3 nitrogen and oxygen atoms in total. The minimum absolute atomic E-state index is 1.05. The molecule has 0 unspecified atom stereocenters. The number of fused-ring (bicyclic) bond motifs is 6. The Labute approximate surface area is 414 Å². The predicted molar refractivity (Wildman–Crippen MR) is 301 cm³/mol. The van der Waals surface area contributed by atoms with Gasteiger partial charge in [0, 0.05) is 50.6 Å². The quantitative estimate of drug-likeness (QED) is 0.127. The van der Waals surface area contributed by atoms with Crippen LogP contribution in [-0.4, -0.2) is 4.57 Å². The fraction of sp³-hybridized carbons (Fsp3) is 0. The Morgan fingerprint density at radius 3 is 1.20 bits per heavy atom. The van der Waals surface area contributed by atoms with Crippen LogP contribution in [0.25, 0.3) is 82.4 Å². The van der Waals surface area contributed by atoms with Gasteiger partial charge in [0.25, 0.3) is 0 Å². The summed E-state index contributed by atoms with van der Waals surface area (Å²) in [6, 6.07) is 103. The molecule has 1 aromatic heterocycles. The molecule has 3 heteroatoms. The number of nitrogens with zero attached hydrogens (tertiary/aromatic N) is 3. The van der Waals surface area contributed by atoms with E-state index < -0.39 is 0 Å². The first-order valence-electron chi connectivity index (χ1n) is 24.3. The highest BCUT2D eigenvalue weighted by molar-refractivity contribution is 6.18. The fourth-order valence-electron chi connectivity index (χ4n) is 10.5. The highest BCUT2D eigenvalue weighted by Crippen LogP contribution is 2.45. The minimum Gasteiger partial charge on any atom is -0.310 e. The van der Waals surface area contributed by atoms with Crippen LogP contribution >= 0.6 is 0 Å².